The number of hydrogen-bond donors (Lipinski definition) is 2. The molecule has 1 heterocycles. The fourth-order valence-corrected chi connectivity index (χ4v) is 2.17. The number of benzene rings is 1. The summed E-state index contributed by atoms with van der Waals surface area (Å²) in [5, 5.41) is 13.1. The molecule has 0 aliphatic carbocycles. The van der Waals surface area contributed by atoms with E-state index in [1.165, 1.54) is 5.69 Å². The van der Waals surface area contributed by atoms with Crippen LogP contribution in [0.5, 0.6) is 5.75 Å². The van der Waals surface area contributed by atoms with Crippen LogP contribution in [0.15, 0.2) is 42.6 Å². The van der Waals surface area contributed by atoms with Gasteiger partial charge in [-0.05, 0) is 38.0 Å². The largest absolute Gasteiger partial charge is 0.508 e. The normalized spacial score (nSPS) is 12.5. The van der Waals surface area contributed by atoms with Crippen LogP contribution in [-0.4, -0.2) is 15.7 Å². The van der Waals surface area contributed by atoms with Gasteiger partial charge in [0.15, 0.2) is 0 Å². The summed E-state index contributed by atoms with van der Waals surface area (Å²) in [6.45, 7) is 2.89. The van der Waals surface area contributed by atoms with Crippen molar-refractivity contribution in [1.82, 2.24) is 9.88 Å². The number of phenols is 1. The van der Waals surface area contributed by atoms with E-state index in [9.17, 15) is 5.11 Å². The van der Waals surface area contributed by atoms with Crippen LogP contribution < -0.4 is 5.32 Å². The van der Waals surface area contributed by atoms with Gasteiger partial charge >= 0.3 is 0 Å². The van der Waals surface area contributed by atoms with Crippen molar-refractivity contribution in [1.29, 1.82) is 0 Å². The third kappa shape index (κ3) is 3.86. The molecule has 1 atom stereocenters. The van der Waals surface area contributed by atoms with Gasteiger partial charge in [-0.2, -0.15) is 0 Å². The van der Waals surface area contributed by atoms with E-state index in [2.05, 4.69) is 42.2 Å². The Balaban J connectivity index is 1.77. The molecule has 1 aromatic carbocycles. The zero-order valence-electron chi connectivity index (χ0n) is 11.6. The van der Waals surface area contributed by atoms with Crippen LogP contribution in [0.25, 0.3) is 0 Å². The molecule has 0 spiro atoms. The number of nitrogens with zero attached hydrogens (tertiary/aromatic N) is 1. The summed E-state index contributed by atoms with van der Waals surface area (Å²) in [5.41, 5.74) is 2.31. The zero-order valence-corrected chi connectivity index (χ0v) is 11.6. The number of aromatic nitrogens is 1. The molecule has 3 nitrogen and oxygen atoms in total. The molecule has 2 N–H and O–H groups in total. The maximum absolute atomic E-state index is 9.70. The molecule has 0 aliphatic rings. The monoisotopic (exact) mass is 258 g/mol. The van der Waals surface area contributed by atoms with Gasteiger partial charge in [-0.25, -0.2) is 0 Å². The van der Waals surface area contributed by atoms with Gasteiger partial charge in [0, 0.05) is 37.1 Å². The molecule has 2 rings (SSSR count). The number of rotatable bonds is 6. The number of aryl methyl sites for hydroxylation is 2. The van der Waals surface area contributed by atoms with Crippen molar-refractivity contribution in [2.45, 2.75) is 32.4 Å². The summed E-state index contributed by atoms with van der Waals surface area (Å²) in [6.07, 6.45) is 4.24. The minimum absolute atomic E-state index is 0.365. The van der Waals surface area contributed by atoms with Crippen molar-refractivity contribution < 1.29 is 5.11 Å². The van der Waals surface area contributed by atoms with Gasteiger partial charge in [0.25, 0.3) is 0 Å². The summed E-state index contributed by atoms with van der Waals surface area (Å²) in [5.74, 6) is 0.365. The summed E-state index contributed by atoms with van der Waals surface area (Å²) >= 11 is 0. The Labute approximate surface area is 114 Å². The number of phenolic OH excluding ortho intramolecular Hbond substituents is 1. The van der Waals surface area contributed by atoms with Crippen molar-refractivity contribution in [3.05, 3.63) is 53.9 Å². The summed E-state index contributed by atoms with van der Waals surface area (Å²) in [6, 6.07) is 12.1. The Morgan fingerprint density at radius 2 is 2.00 bits per heavy atom. The lowest BCUT2D eigenvalue weighted by Crippen LogP contribution is -2.26. The minimum Gasteiger partial charge on any atom is -0.508 e. The van der Waals surface area contributed by atoms with E-state index in [1.54, 1.807) is 6.07 Å². The summed E-state index contributed by atoms with van der Waals surface area (Å²) in [4.78, 5) is 0. The highest BCUT2D eigenvalue weighted by atomic mass is 16.3. The number of aromatic hydroxyl groups is 1. The van der Waals surface area contributed by atoms with Crippen molar-refractivity contribution >= 4 is 0 Å². The Morgan fingerprint density at radius 1 is 1.21 bits per heavy atom. The van der Waals surface area contributed by atoms with Crippen LogP contribution in [0.2, 0.25) is 0 Å². The summed E-state index contributed by atoms with van der Waals surface area (Å²) < 4.78 is 2.16. The molecule has 2 aromatic rings. The maximum atomic E-state index is 9.70. The Hall–Kier alpha value is -1.74. The molecule has 0 amide bonds. The third-order valence-electron chi connectivity index (χ3n) is 3.52. The maximum Gasteiger partial charge on any atom is 0.120 e. The Morgan fingerprint density at radius 3 is 2.68 bits per heavy atom. The fraction of sp³-hybridized carbons (Fsp3) is 0.375. The highest BCUT2D eigenvalue weighted by Gasteiger charge is 2.05. The van der Waals surface area contributed by atoms with Gasteiger partial charge in [0.05, 0.1) is 0 Å². The topological polar surface area (TPSA) is 37.2 Å². The first-order chi connectivity index (χ1) is 9.16. The smallest absolute Gasteiger partial charge is 0.120 e. The van der Waals surface area contributed by atoms with Gasteiger partial charge in [-0.15, -0.1) is 0 Å². The van der Waals surface area contributed by atoms with Crippen LogP contribution in [0.3, 0.4) is 0 Å². The molecule has 0 aliphatic heterocycles. The number of nitrogens with one attached hydrogen (secondary N) is 1. The van der Waals surface area contributed by atoms with E-state index >= 15 is 0 Å². The van der Waals surface area contributed by atoms with Gasteiger partial charge < -0.3 is 15.0 Å². The lowest BCUT2D eigenvalue weighted by Gasteiger charge is -2.14. The average Bonchev–Trinajstić information content (AvgIpc) is 2.81. The predicted molar refractivity (Wildman–Crippen MR) is 78.1 cm³/mol. The number of hydrogen-bond acceptors (Lipinski definition) is 2. The SMILES string of the molecule is CC(CCc1cccn1C)NCc1ccccc1O. The van der Waals surface area contributed by atoms with Crippen LogP contribution in [0.1, 0.15) is 24.6 Å². The molecular weight excluding hydrogens is 236 g/mol. The van der Waals surface area contributed by atoms with E-state index in [1.807, 2.05) is 18.2 Å². The molecule has 3 heteroatoms. The van der Waals surface area contributed by atoms with Crippen molar-refractivity contribution in [2.24, 2.45) is 7.05 Å². The van der Waals surface area contributed by atoms with Crippen molar-refractivity contribution in [2.75, 3.05) is 0 Å². The van der Waals surface area contributed by atoms with E-state index in [0.29, 0.717) is 18.3 Å². The highest BCUT2D eigenvalue weighted by molar-refractivity contribution is 5.31. The lowest BCUT2D eigenvalue weighted by atomic mass is 10.1. The van der Waals surface area contributed by atoms with Crippen molar-refractivity contribution in [3.63, 3.8) is 0 Å². The quantitative estimate of drug-likeness (QED) is 0.836. The Kier molecular flexibility index (Phi) is 4.63. The minimum atomic E-state index is 0.365. The van der Waals surface area contributed by atoms with Crippen molar-refractivity contribution in [3.8, 4) is 5.75 Å². The predicted octanol–water partition coefficient (Wildman–Crippen LogP) is 2.84. The van der Waals surface area contributed by atoms with E-state index < -0.39 is 0 Å². The van der Waals surface area contributed by atoms with E-state index in [-0.39, 0.29) is 0 Å². The van der Waals surface area contributed by atoms with Gasteiger partial charge in [-0.1, -0.05) is 18.2 Å². The molecule has 0 saturated carbocycles. The van der Waals surface area contributed by atoms with Gasteiger partial charge in [0.2, 0.25) is 0 Å². The second-order valence-corrected chi connectivity index (χ2v) is 5.06. The lowest BCUT2D eigenvalue weighted by molar-refractivity contribution is 0.454. The second kappa shape index (κ2) is 6.43. The van der Waals surface area contributed by atoms with Gasteiger partial charge in [0.1, 0.15) is 5.75 Å². The van der Waals surface area contributed by atoms with Crippen LogP contribution >= 0.6 is 0 Å². The molecular formula is C16H22N2O. The first-order valence-corrected chi connectivity index (χ1v) is 6.77. The standard InChI is InChI=1S/C16H22N2O/c1-13(9-10-15-7-5-11-18(15)2)17-12-14-6-3-4-8-16(14)19/h3-8,11,13,17,19H,9-10,12H2,1-2H3. The van der Waals surface area contributed by atoms with Gasteiger partial charge in [-0.3, -0.25) is 0 Å². The molecule has 0 fully saturated rings. The molecule has 1 unspecified atom stereocenters. The van der Waals surface area contributed by atoms with Crippen LogP contribution in [0.4, 0.5) is 0 Å². The van der Waals surface area contributed by atoms with Crippen LogP contribution in [-0.2, 0) is 20.0 Å². The molecule has 0 radical (unpaired) electrons. The molecule has 0 bridgehead atoms. The first kappa shape index (κ1) is 13.7. The summed E-state index contributed by atoms with van der Waals surface area (Å²) in [7, 11) is 2.08. The fourth-order valence-electron chi connectivity index (χ4n) is 2.17. The molecule has 0 saturated heterocycles. The van der Waals surface area contributed by atoms with E-state index in [0.717, 1.165) is 18.4 Å². The molecule has 19 heavy (non-hydrogen) atoms. The zero-order chi connectivity index (χ0) is 13.7. The molecule has 1 aromatic heterocycles. The number of para-hydroxylation sites is 1. The Bertz CT molecular complexity index is 519. The van der Waals surface area contributed by atoms with Crippen LogP contribution in [0, 0.1) is 0 Å². The molecule has 102 valence electrons. The highest BCUT2D eigenvalue weighted by Crippen LogP contribution is 2.15. The first-order valence-electron chi connectivity index (χ1n) is 6.77. The van der Waals surface area contributed by atoms with E-state index in [4.69, 9.17) is 0 Å². The average molecular weight is 258 g/mol. The second-order valence-electron chi connectivity index (χ2n) is 5.06. The third-order valence-corrected chi connectivity index (χ3v) is 3.52.